The molecule has 0 unspecified atom stereocenters. The summed E-state index contributed by atoms with van der Waals surface area (Å²) in [5, 5.41) is 16.0. The van der Waals surface area contributed by atoms with E-state index in [9.17, 15) is 14.4 Å². The quantitative estimate of drug-likeness (QED) is 0.786. The first-order valence-electron chi connectivity index (χ1n) is 6.19. The number of nitrogens with zero attached hydrogens (tertiary/aromatic N) is 3. The summed E-state index contributed by atoms with van der Waals surface area (Å²) < 4.78 is 5.04. The number of carboxylic acid groups (broad SMARTS) is 1. The number of hydrazone groups is 1. The van der Waals surface area contributed by atoms with E-state index in [0.29, 0.717) is 5.76 Å². The Labute approximate surface area is 119 Å². The Morgan fingerprint density at radius 3 is 2.90 bits per heavy atom. The Kier molecular flexibility index (Phi) is 4.21. The van der Waals surface area contributed by atoms with E-state index < -0.39 is 24.1 Å². The van der Waals surface area contributed by atoms with Crippen molar-refractivity contribution >= 4 is 24.2 Å². The zero-order valence-corrected chi connectivity index (χ0v) is 11.2. The van der Waals surface area contributed by atoms with Crippen LogP contribution in [-0.4, -0.2) is 58.4 Å². The van der Waals surface area contributed by atoms with Gasteiger partial charge in [0, 0.05) is 0 Å². The number of furan rings is 1. The molecule has 2 rings (SSSR count). The molecule has 0 bridgehead atoms. The number of aliphatic carboxylic acids is 1. The number of carbonyl (C=O) groups is 3. The molecule has 1 fully saturated rings. The summed E-state index contributed by atoms with van der Waals surface area (Å²) >= 11 is 0. The van der Waals surface area contributed by atoms with Crippen molar-refractivity contribution in [3.05, 3.63) is 24.2 Å². The molecule has 0 radical (unpaired) electrons. The first-order valence-corrected chi connectivity index (χ1v) is 6.19. The van der Waals surface area contributed by atoms with Crippen molar-refractivity contribution in [2.45, 2.75) is 13.0 Å². The smallest absolute Gasteiger partial charge is 0.348 e. The third kappa shape index (κ3) is 3.38. The third-order valence-corrected chi connectivity index (χ3v) is 2.81. The molecule has 2 heterocycles. The van der Waals surface area contributed by atoms with Crippen molar-refractivity contribution in [3.8, 4) is 0 Å². The second-order valence-electron chi connectivity index (χ2n) is 4.33. The van der Waals surface area contributed by atoms with Crippen molar-refractivity contribution < 1.29 is 23.9 Å². The van der Waals surface area contributed by atoms with Gasteiger partial charge in [-0.25, -0.2) is 19.5 Å². The van der Waals surface area contributed by atoms with Crippen LogP contribution in [0, 0.1) is 0 Å². The molecule has 21 heavy (non-hydrogen) atoms. The zero-order valence-electron chi connectivity index (χ0n) is 11.2. The lowest BCUT2D eigenvalue weighted by molar-refractivity contribution is -0.138. The minimum atomic E-state index is -1.18. The number of carbonyl (C=O) groups excluding carboxylic acids is 2. The third-order valence-electron chi connectivity index (χ3n) is 2.81. The highest BCUT2D eigenvalue weighted by molar-refractivity contribution is 5.96. The fourth-order valence-electron chi connectivity index (χ4n) is 1.64. The van der Waals surface area contributed by atoms with Gasteiger partial charge in [-0.15, -0.1) is 0 Å². The minimum Gasteiger partial charge on any atom is -0.480 e. The molecular weight excluding hydrogens is 280 g/mol. The predicted octanol–water partition coefficient (Wildman–Crippen LogP) is 0.534. The molecule has 2 N–H and O–H groups in total. The van der Waals surface area contributed by atoms with E-state index in [0.717, 1.165) is 9.91 Å². The number of imide groups is 1. The second kappa shape index (κ2) is 6.07. The van der Waals surface area contributed by atoms with Gasteiger partial charge in [0.2, 0.25) is 0 Å². The molecule has 1 aliphatic rings. The number of hydrogen-bond donors (Lipinski definition) is 2. The van der Waals surface area contributed by atoms with E-state index in [1.807, 2.05) is 0 Å². The maximum atomic E-state index is 12.0. The summed E-state index contributed by atoms with van der Waals surface area (Å²) in [6.45, 7) is 1.67. The molecule has 1 aliphatic heterocycles. The molecule has 112 valence electrons. The number of nitrogens with one attached hydrogen (secondary N) is 1. The van der Waals surface area contributed by atoms with Crippen LogP contribution in [0.25, 0.3) is 0 Å². The van der Waals surface area contributed by atoms with Crippen LogP contribution in [-0.2, 0) is 4.79 Å². The van der Waals surface area contributed by atoms with Crippen molar-refractivity contribution in [2.75, 3.05) is 13.1 Å². The van der Waals surface area contributed by atoms with Crippen LogP contribution in [0.15, 0.2) is 27.9 Å². The van der Waals surface area contributed by atoms with Crippen LogP contribution in [0.3, 0.4) is 0 Å². The fourth-order valence-corrected chi connectivity index (χ4v) is 1.64. The molecule has 9 nitrogen and oxygen atoms in total. The van der Waals surface area contributed by atoms with Gasteiger partial charge in [-0.05, 0) is 19.1 Å². The highest BCUT2D eigenvalue weighted by Gasteiger charge is 2.34. The summed E-state index contributed by atoms with van der Waals surface area (Å²) in [6, 6.07) is 0.896. The van der Waals surface area contributed by atoms with Crippen LogP contribution in [0.2, 0.25) is 0 Å². The van der Waals surface area contributed by atoms with Gasteiger partial charge in [0.15, 0.2) is 0 Å². The highest BCUT2D eigenvalue weighted by atomic mass is 16.4. The average Bonchev–Trinajstić information content (AvgIpc) is 3.05. The first kappa shape index (κ1) is 14.6. The molecule has 0 spiro atoms. The average molecular weight is 294 g/mol. The second-order valence-corrected chi connectivity index (χ2v) is 4.33. The molecule has 1 aromatic rings. The molecule has 1 saturated heterocycles. The van der Waals surface area contributed by atoms with Gasteiger partial charge in [-0.2, -0.15) is 5.10 Å². The van der Waals surface area contributed by atoms with Crippen molar-refractivity contribution in [1.29, 1.82) is 0 Å². The molecule has 1 atom stereocenters. The Hall–Kier alpha value is -2.84. The number of hydrogen-bond acceptors (Lipinski definition) is 5. The maximum Gasteiger partial charge on any atom is 0.348 e. The molecule has 1 aromatic heterocycles. The summed E-state index contributed by atoms with van der Waals surface area (Å²) in [5.74, 6) is -0.701. The summed E-state index contributed by atoms with van der Waals surface area (Å²) in [5.41, 5.74) is 0. The molecule has 0 aliphatic carbocycles. The van der Waals surface area contributed by atoms with Gasteiger partial charge in [0.1, 0.15) is 11.8 Å². The number of amides is 4. The van der Waals surface area contributed by atoms with E-state index in [1.54, 1.807) is 12.1 Å². The van der Waals surface area contributed by atoms with Gasteiger partial charge >= 0.3 is 18.0 Å². The lowest BCUT2D eigenvalue weighted by Gasteiger charge is -2.16. The zero-order chi connectivity index (χ0) is 15.4. The van der Waals surface area contributed by atoms with E-state index in [4.69, 9.17) is 9.52 Å². The fraction of sp³-hybridized carbons (Fsp3) is 0.333. The maximum absolute atomic E-state index is 12.0. The molecule has 0 aromatic carbocycles. The van der Waals surface area contributed by atoms with Crippen LogP contribution in [0.4, 0.5) is 9.59 Å². The van der Waals surface area contributed by atoms with Crippen LogP contribution >= 0.6 is 0 Å². The first-order chi connectivity index (χ1) is 9.99. The van der Waals surface area contributed by atoms with Crippen LogP contribution in [0.5, 0.6) is 0 Å². The molecular formula is C12H14N4O5. The summed E-state index contributed by atoms with van der Waals surface area (Å²) in [4.78, 5) is 35.3. The Morgan fingerprint density at radius 1 is 1.52 bits per heavy atom. The Bertz CT molecular complexity index is 568. The normalized spacial score (nSPS) is 16.5. The largest absolute Gasteiger partial charge is 0.480 e. The topological polar surface area (TPSA) is 115 Å². The van der Waals surface area contributed by atoms with Gasteiger partial charge in [0.25, 0.3) is 0 Å². The van der Waals surface area contributed by atoms with E-state index in [-0.39, 0.29) is 13.1 Å². The van der Waals surface area contributed by atoms with Crippen molar-refractivity contribution in [1.82, 2.24) is 15.2 Å². The lowest BCUT2D eigenvalue weighted by Crippen LogP contribution is -2.47. The number of carboxylic acids is 1. The van der Waals surface area contributed by atoms with E-state index >= 15 is 0 Å². The van der Waals surface area contributed by atoms with Gasteiger partial charge in [0.05, 0.1) is 25.6 Å². The van der Waals surface area contributed by atoms with Crippen molar-refractivity contribution in [2.24, 2.45) is 5.10 Å². The SMILES string of the molecule is C[C@H](NC(=O)N1CCN(N=Cc2ccco2)C1=O)C(=O)O. The van der Waals surface area contributed by atoms with E-state index in [2.05, 4.69) is 10.4 Å². The van der Waals surface area contributed by atoms with Crippen LogP contribution in [0.1, 0.15) is 12.7 Å². The standard InChI is InChI=1S/C12H14N4O5/c1-8(10(17)18)14-11(19)15-4-5-16(12(15)20)13-7-9-3-2-6-21-9/h2-3,6-8H,4-5H2,1H3,(H,14,19)(H,17,18)/t8-/m0/s1. The molecule has 4 amide bonds. The highest BCUT2D eigenvalue weighted by Crippen LogP contribution is 2.10. The summed E-state index contributed by atoms with van der Waals surface area (Å²) in [6.07, 6.45) is 2.83. The molecule has 9 heteroatoms. The minimum absolute atomic E-state index is 0.131. The molecule has 0 saturated carbocycles. The van der Waals surface area contributed by atoms with Gasteiger partial charge in [-0.3, -0.25) is 4.79 Å². The van der Waals surface area contributed by atoms with Crippen molar-refractivity contribution in [3.63, 3.8) is 0 Å². The number of rotatable bonds is 4. The lowest BCUT2D eigenvalue weighted by atomic mass is 10.3. The monoisotopic (exact) mass is 294 g/mol. The summed E-state index contributed by atoms with van der Waals surface area (Å²) in [7, 11) is 0. The Balaban J connectivity index is 1.95. The number of urea groups is 2. The van der Waals surface area contributed by atoms with E-state index in [1.165, 1.54) is 19.4 Å². The van der Waals surface area contributed by atoms with Gasteiger partial charge in [-0.1, -0.05) is 0 Å². The Morgan fingerprint density at radius 2 is 2.29 bits per heavy atom. The van der Waals surface area contributed by atoms with Gasteiger partial charge < -0.3 is 14.8 Å². The van der Waals surface area contributed by atoms with Crippen LogP contribution < -0.4 is 5.32 Å². The predicted molar refractivity (Wildman–Crippen MR) is 70.7 cm³/mol.